The number of aliphatic hydroxyl groups is 2. The second kappa shape index (κ2) is 14.8. The highest BCUT2D eigenvalue weighted by atomic mass is 32.2. The van der Waals surface area contributed by atoms with Crippen LogP contribution in [0.5, 0.6) is 5.75 Å². The Hall–Kier alpha value is -1.63. The van der Waals surface area contributed by atoms with Crippen molar-refractivity contribution in [3.05, 3.63) is 65.7 Å². The van der Waals surface area contributed by atoms with E-state index in [-0.39, 0.29) is 32.3 Å². The minimum absolute atomic E-state index is 0.0405. The molecule has 1 aliphatic heterocycles. The van der Waals surface area contributed by atoms with Crippen LogP contribution < -0.4 is 4.74 Å². The van der Waals surface area contributed by atoms with Crippen molar-refractivity contribution in [1.82, 2.24) is 0 Å². The van der Waals surface area contributed by atoms with Crippen molar-refractivity contribution in [3.8, 4) is 5.75 Å². The molecule has 0 aromatic heterocycles. The Bertz CT molecular complexity index is 1000. The molecule has 0 spiro atoms. The molecule has 2 aromatic carbocycles. The normalized spacial score (nSPS) is 25.5. The second-order valence-corrected chi connectivity index (χ2v) is 11.0. The van der Waals surface area contributed by atoms with Crippen LogP contribution in [0.25, 0.3) is 0 Å². The quantitative estimate of drug-likeness (QED) is 0.180. The SMILES string of the molecule is [3H]BSOCC(C)(C)[C@]1(OC)O[C@H](CC(OCc2ccc(OC)cc2)[C@H](C)OCc2ccccc2)C[C@H](O)[C@@H]1O. The van der Waals surface area contributed by atoms with Crippen LogP contribution in [0, 0.1) is 5.41 Å². The lowest BCUT2D eigenvalue weighted by Gasteiger charge is -2.53. The van der Waals surface area contributed by atoms with Crippen LogP contribution in [-0.4, -0.2) is 75.8 Å². The number of hydrogen-bond donors (Lipinski definition) is 2. The summed E-state index contributed by atoms with van der Waals surface area (Å²) >= 11 is 1.00. The molecule has 1 saturated heterocycles. The minimum atomic E-state index is -1.54. The summed E-state index contributed by atoms with van der Waals surface area (Å²) in [5.41, 5.74) is 1.19. The minimum Gasteiger partial charge on any atom is -0.497 e. The maximum atomic E-state index is 11.1. The van der Waals surface area contributed by atoms with Crippen LogP contribution in [0.1, 0.15) is 44.7 Å². The maximum absolute atomic E-state index is 11.1. The Morgan fingerprint density at radius 1 is 1.08 bits per heavy atom. The first-order valence-corrected chi connectivity index (χ1v) is 14.1. The molecule has 0 radical (unpaired) electrons. The molecular weight excluding hydrogens is 519 g/mol. The lowest BCUT2D eigenvalue weighted by atomic mass is 9.76. The van der Waals surface area contributed by atoms with Gasteiger partial charge in [0.2, 0.25) is 12.9 Å². The molecule has 1 heterocycles. The van der Waals surface area contributed by atoms with Crippen molar-refractivity contribution in [2.24, 2.45) is 5.41 Å². The van der Waals surface area contributed by atoms with Crippen LogP contribution in [0.4, 0.5) is 0 Å². The van der Waals surface area contributed by atoms with Crippen molar-refractivity contribution < 1.29 is 38.1 Å². The molecule has 0 saturated carbocycles. The van der Waals surface area contributed by atoms with E-state index in [1.165, 1.54) is 7.11 Å². The van der Waals surface area contributed by atoms with Gasteiger partial charge >= 0.3 is 0 Å². The van der Waals surface area contributed by atoms with E-state index in [2.05, 4.69) is 0 Å². The maximum Gasteiger partial charge on any atom is 0.210 e. The van der Waals surface area contributed by atoms with E-state index >= 15 is 0 Å². The highest BCUT2D eigenvalue weighted by Gasteiger charge is 2.59. The van der Waals surface area contributed by atoms with E-state index in [0.29, 0.717) is 19.6 Å². The molecule has 216 valence electrons. The Labute approximate surface area is 239 Å². The molecule has 1 fully saturated rings. The summed E-state index contributed by atoms with van der Waals surface area (Å²) in [5.74, 6) is -0.765. The van der Waals surface area contributed by atoms with E-state index in [1.54, 1.807) is 7.11 Å². The molecule has 3 rings (SSSR count). The van der Waals surface area contributed by atoms with E-state index in [9.17, 15) is 10.2 Å². The smallest absolute Gasteiger partial charge is 0.210 e. The largest absolute Gasteiger partial charge is 0.497 e. The van der Waals surface area contributed by atoms with Crippen LogP contribution >= 0.6 is 11.9 Å². The molecule has 39 heavy (non-hydrogen) atoms. The highest BCUT2D eigenvalue weighted by Crippen LogP contribution is 2.45. The molecular formula is C29H43BO8S. The molecule has 0 amide bonds. The van der Waals surface area contributed by atoms with Crippen molar-refractivity contribution in [1.29, 1.82) is 1.34 Å². The van der Waals surface area contributed by atoms with Crippen LogP contribution in [0.15, 0.2) is 54.6 Å². The molecule has 1 aliphatic rings. The zero-order valence-corrected chi connectivity index (χ0v) is 24.4. The van der Waals surface area contributed by atoms with Crippen molar-refractivity contribution in [2.75, 3.05) is 20.8 Å². The molecule has 10 heteroatoms. The van der Waals surface area contributed by atoms with Gasteiger partial charge in [0.05, 0.1) is 51.3 Å². The molecule has 8 nitrogen and oxygen atoms in total. The predicted octanol–water partition coefficient (Wildman–Crippen LogP) is 3.67. The third-order valence-electron chi connectivity index (χ3n) is 7.35. The summed E-state index contributed by atoms with van der Waals surface area (Å²) in [6.07, 6.45) is -2.94. The van der Waals surface area contributed by atoms with Gasteiger partial charge in [0.15, 0.2) is 0 Å². The zero-order chi connectivity index (χ0) is 29.2. The summed E-state index contributed by atoms with van der Waals surface area (Å²) in [6, 6.07) is 17.6. The molecule has 2 N–H and O–H groups in total. The summed E-state index contributed by atoms with van der Waals surface area (Å²) in [5, 5.41) is 22.0. The summed E-state index contributed by atoms with van der Waals surface area (Å²) in [4.78, 5) is 0. The van der Waals surface area contributed by atoms with E-state index in [4.69, 9.17) is 29.2 Å². The standard InChI is InChI=1S/C29H43BO8S/c1-20(35-17-21-9-7-6-8-10-21)26(36-18-22-11-13-23(33-4)14-12-22)16-24-15-25(31)27(32)29(34-5,38-24)28(2,3)19-37-39-30/h6-14,20,24-27,31-32H,15-19,30H2,1-5H3/t20-,24-,25-,26?,27-,29+/m0/s1/i30T. The fraction of sp³-hybridized carbons (Fsp3) is 0.586. The second-order valence-electron chi connectivity index (χ2n) is 10.6. The Morgan fingerprint density at radius 3 is 2.38 bits per heavy atom. The van der Waals surface area contributed by atoms with E-state index < -0.39 is 29.5 Å². The summed E-state index contributed by atoms with van der Waals surface area (Å²) in [6.45, 7) is 6.59. The molecule has 6 atom stereocenters. The molecule has 2 aromatic rings. The van der Waals surface area contributed by atoms with Gasteiger partial charge in [-0.1, -0.05) is 68.2 Å². The van der Waals surface area contributed by atoms with Gasteiger partial charge in [-0.15, -0.1) is 0 Å². The molecule has 0 aliphatic carbocycles. The fourth-order valence-corrected chi connectivity index (χ4v) is 5.32. The van der Waals surface area contributed by atoms with Gasteiger partial charge in [-0.2, -0.15) is 0 Å². The number of hydrogen-bond acceptors (Lipinski definition) is 9. The highest BCUT2D eigenvalue weighted by molar-refractivity contribution is 8.15. The van der Waals surface area contributed by atoms with Gasteiger partial charge in [0.25, 0.3) is 0 Å². The molecule has 0 bridgehead atoms. The summed E-state index contributed by atoms with van der Waals surface area (Å²) < 4.78 is 43.1. The fourth-order valence-electron chi connectivity index (χ4n) is 4.94. The number of ether oxygens (including phenoxy) is 5. The van der Waals surface area contributed by atoms with Crippen molar-refractivity contribution in [3.63, 3.8) is 0 Å². The zero-order valence-electron chi connectivity index (χ0n) is 24.6. The van der Waals surface area contributed by atoms with Crippen LogP contribution in [-0.2, 0) is 36.3 Å². The lowest BCUT2D eigenvalue weighted by Crippen LogP contribution is -2.67. The van der Waals surface area contributed by atoms with Gasteiger partial charge in [-0.05, 0) is 31.5 Å². The Morgan fingerprint density at radius 2 is 1.74 bits per heavy atom. The van der Waals surface area contributed by atoms with Gasteiger partial charge < -0.3 is 38.1 Å². The predicted molar refractivity (Wildman–Crippen MR) is 154 cm³/mol. The molecule has 1 unspecified atom stereocenters. The average Bonchev–Trinajstić information content (AvgIpc) is 2.96. The first-order chi connectivity index (χ1) is 19.2. The first-order valence-electron chi connectivity index (χ1n) is 13.9. The number of benzene rings is 2. The van der Waals surface area contributed by atoms with Crippen molar-refractivity contribution in [2.45, 2.75) is 83.1 Å². The monoisotopic (exact) mass is 564 g/mol. The Kier molecular flexibility index (Phi) is 11.5. The number of methoxy groups -OCH3 is 2. The average molecular weight is 565 g/mol. The van der Waals surface area contributed by atoms with Gasteiger partial charge in [-0.25, -0.2) is 0 Å². The van der Waals surface area contributed by atoms with Crippen LogP contribution in [0.2, 0.25) is 0 Å². The van der Waals surface area contributed by atoms with Crippen molar-refractivity contribution >= 4 is 19.0 Å². The van der Waals surface area contributed by atoms with Gasteiger partial charge in [-0.3, -0.25) is 0 Å². The van der Waals surface area contributed by atoms with E-state index in [0.717, 1.165) is 28.8 Å². The third-order valence-corrected chi connectivity index (χ3v) is 7.63. The van der Waals surface area contributed by atoms with Crippen LogP contribution in [0.3, 0.4) is 0 Å². The van der Waals surface area contributed by atoms with Gasteiger partial charge in [0.1, 0.15) is 11.9 Å². The lowest BCUT2D eigenvalue weighted by molar-refractivity contribution is -0.377. The first kappa shape index (κ1) is 30.3. The summed E-state index contributed by atoms with van der Waals surface area (Å²) in [7, 11) is 3.13. The van der Waals surface area contributed by atoms with Gasteiger partial charge in [0, 0.05) is 25.4 Å². The third kappa shape index (κ3) is 8.21. The topological polar surface area (TPSA) is 95.8 Å². The Balaban J connectivity index is 1.78. The number of rotatable bonds is 16. The number of aliphatic hydroxyl groups excluding tert-OH is 2. The van der Waals surface area contributed by atoms with E-state index in [1.807, 2.05) is 75.4 Å².